The summed E-state index contributed by atoms with van der Waals surface area (Å²) in [6.45, 7) is 1.61. The highest BCUT2D eigenvalue weighted by Crippen LogP contribution is 2.13. The molecule has 0 aliphatic heterocycles. The molecule has 6 heteroatoms. The molecule has 1 rings (SSSR count). The van der Waals surface area contributed by atoms with E-state index in [4.69, 9.17) is 19.3 Å². The monoisotopic (exact) mass is 241 g/mol. The van der Waals surface area contributed by atoms with Gasteiger partial charge >= 0.3 is 5.97 Å². The van der Waals surface area contributed by atoms with Gasteiger partial charge in [-0.1, -0.05) is 0 Å². The van der Waals surface area contributed by atoms with Crippen molar-refractivity contribution in [2.75, 3.05) is 33.5 Å². The first-order valence-electron chi connectivity index (χ1n) is 5.13. The quantitative estimate of drug-likeness (QED) is 0.679. The third kappa shape index (κ3) is 4.80. The van der Waals surface area contributed by atoms with E-state index in [0.29, 0.717) is 19.8 Å². The number of carboxylic acid groups (broad SMARTS) is 1. The Kier molecular flexibility index (Phi) is 5.98. The number of hydrogen-bond acceptors (Lipinski definition) is 5. The second kappa shape index (κ2) is 7.59. The van der Waals surface area contributed by atoms with Gasteiger partial charge in [0, 0.05) is 13.3 Å². The fourth-order valence-corrected chi connectivity index (χ4v) is 1.11. The van der Waals surface area contributed by atoms with Crippen LogP contribution in [0.15, 0.2) is 18.3 Å². The Balaban J connectivity index is 2.34. The minimum atomic E-state index is -1.06. The third-order valence-electron chi connectivity index (χ3n) is 1.90. The standard InChI is InChI=1S/C11H15NO5/c1-15-5-6-16-7-8-17-10-9(11(13)14)3-2-4-12-10/h2-4H,5-8H2,1H3,(H,13,14). The normalized spacial score (nSPS) is 10.2. The lowest BCUT2D eigenvalue weighted by molar-refractivity contribution is 0.0527. The number of pyridine rings is 1. The molecule has 17 heavy (non-hydrogen) atoms. The van der Waals surface area contributed by atoms with E-state index in [1.807, 2.05) is 0 Å². The maximum absolute atomic E-state index is 10.8. The molecule has 94 valence electrons. The van der Waals surface area contributed by atoms with E-state index in [1.165, 1.54) is 12.3 Å². The van der Waals surface area contributed by atoms with Crippen LogP contribution < -0.4 is 4.74 Å². The van der Waals surface area contributed by atoms with Gasteiger partial charge in [-0.15, -0.1) is 0 Å². The number of methoxy groups -OCH3 is 1. The molecule has 0 unspecified atom stereocenters. The fraction of sp³-hybridized carbons (Fsp3) is 0.455. The fourth-order valence-electron chi connectivity index (χ4n) is 1.11. The number of carbonyl (C=O) groups is 1. The van der Waals surface area contributed by atoms with Gasteiger partial charge in [-0.05, 0) is 12.1 Å². The Morgan fingerprint density at radius 2 is 2.12 bits per heavy atom. The zero-order valence-electron chi connectivity index (χ0n) is 9.59. The molecular weight excluding hydrogens is 226 g/mol. The van der Waals surface area contributed by atoms with E-state index in [2.05, 4.69) is 4.98 Å². The highest BCUT2D eigenvalue weighted by molar-refractivity contribution is 5.90. The zero-order valence-corrected chi connectivity index (χ0v) is 9.59. The molecule has 1 aromatic heterocycles. The number of carboxylic acids is 1. The summed E-state index contributed by atoms with van der Waals surface area (Å²) in [4.78, 5) is 14.7. The van der Waals surface area contributed by atoms with Crippen LogP contribution in [0.4, 0.5) is 0 Å². The largest absolute Gasteiger partial charge is 0.477 e. The molecule has 0 spiro atoms. The van der Waals surface area contributed by atoms with Crippen molar-refractivity contribution in [1.82, 2.24) is 4.98 Å². The minimum absolute atomic E-state index is 0.0457. The smallest absolute Gasteiger partial charge is 0.341 e. The van der Waals surface area contributed by atoms with E-state index >= 15 is 0 Å². The van der Waals surface area contributed by atoms with Gasteiger partial charge < -0.3 is 19.3 Å². The summed E-state index contributed by atoms with van der Waals surface area (Å²) in [6.07, 6.45) is 1.48. The second-order valence-electron chi connectivity index (χ2n) is 3.11. The van der Waals surface area contributed by atoms with Crippen LogP contribution in [-0.2, 0) is 9.47 Å². The lowest BCUT2D eigenvalue weighted by Gasteiger charge is -2.07. The first kappa shape index (κ1) is 13.4. The van der Waals surface area contributed by atoms with Crippen molar-refractivity contribution >= 4 is 5.97 Å². The van der Waals surface area contributed by atoms with Crippen LogP contribution in [0.25, 0.3) is 0 Å². The van der Waals surface area contributed by atoms with Gasteiger partial charge in [0.2, 0.25) is 5.88 Å². The molecule has 6 nitrogen and oxygen atoms in total. The van der Waals surface area contributed by atoms with Crippen LogP contribution in [0, 0.1) is 0 Å². The van der Waals surface area contributed by atoms with Crippen molar-refractivity contribution in [3.05, 3.63) is 23.9 Å². The van der Waals surface area contributed by atoms with Crippen molar-refractivity contribution in [2.24, 2.45) is 0 Å². The van der Waals surface area contributed by atoms with Crippen LogP contribution in [0.2, 0.25) is 0 Å². The topological polar surface area (TPSA) is 77.9 Å². The summed E-state index contributed by atoms with van der Waals surface area (Å²) in [5.74, 6) is -0.955. The van der Waals surface area contributed by atoms with Gasteiger partial charge in [-0.2, -0.15) is 0 Å². The lowest BCUT2D eigenvalue weighted by atomic mass is 10.3. The molecule has 0 radical (unpaired) electrons. The molecular formula is C11H15NO5. The van der Waals surface area contributed by atoms with Gasteiger partial charge in [0.05, 0.1) is 19.8 Å². The summed E-state index contributed by atoms with van der Waals surface area (Å²) < 4.78 is 15.2. The summed E-state index contributed by atoms with van der Waals surface area (Å²) in [7, 11) is 1.59. The highest BCUT2D eigenvalue weighted by atomic mass is 16.5. The van der Waals surface area contributed by atoms with Crippen LogP contribution in [0.3, 0.4) is 0 Å². The average molecular weight is 241 g/mol. The Morgan fingerprint density at radius 1 is 1.35 bits per heavy atom. The van der Waals surface area contributed by atoms with Crippen molar-refractivity contribution < 1.29 is 24.1 Å². The molecule has 1 aromatic rings. The van der Waals surface area contributed by atoms with E-state index in [1.54, 1.807) is 13.2 Å². The highest BCUT2D eigenvalue weighted by Gasteiger charge is 2.11. The van der Waals surface area contributed by atoms with Gasteiger partial charge in [-0.25, -0.2) is 9.78 Å². The third-order valence-corrected chi connectivity index (χ3v) is 1.90. The van der Waals surface area contributed by atoms with E-state index in [-0.39, 0.29) is 18.1 Å². The summed E-state index contributed by atoms with van der Waals surface area (Å²) in [5, 5.41) is 8.87. The predicted octanol–water partition coefficient (Wildman–Crippen LogP) is 0.822. The molecule has 0 atom stereocenters. The molecule has 0 saturated carbocycles. The molecule has 0 amide bonds. The van der Waals surface area contributed by atoms with E-state index in [9.17, 15) is 4.79 Å². The Morgan fingerprint density at radius 3 is 2.82 bits per heavy atom. The van der Waals surface area contributed by atoms with Gasteiger partial charge in [0.25, 0.3) is 0 Å². The maximum Gasteiger partial charge on any atom is 0.341 e. The van der Waals surface area contributed by atoms with Crippen molar-refractivity contribution in [1.29, 1.82) is 0 Å². The SMILES string of the molecule is COCCOCCOc1ncccc1C(=O)O. The molecule has 0 aliphatic carbocycles. The number of hydrogen-bond donors (Lipinski definition) is 1. The Hall–Kier alpha value is -1.66. The first-order valence-corrected chi connectivity index (χ1v) is 5.13. The van der Waals surface area contributed by atoms with E-state index < -0.39 is 5.97 Å². The predicted molar refractivity (Wildman–Crippen MR) is 59.4 cm³/mol. The van der Waals surface area contributed by atoms with Crippen molar-refractivity contribution in [3.8, 4) is 5.88 Å². The first-order chi connectivity index (χ1) is 8.25. The number of aromatic carboxylic acids is 1. The van der Waals surface area contributed by atoms with E-state index in [0.717, 1.165) is 0 Å². The summed E-state index contributed by atoms with van der Waals surface area (Å²) in [5.41, 5.74) is 0.0457. The Bertz CT molecular complexity index is 355. The number of aromatic nitrogens is 1. The lowest BCUT2D eigenvalue weighted by Crippen LogP contribution is -2.12. The van der Waals surface area contributed by atoms with Crippen molar-refractivity contribution in [3.63, 3.8) is 0 Å². The maximum atomic E-state index is 10.8. The zero-order chi connectivity index (χ0) is 12.5. The van der Waals surface area contributed by atoms with Gasteiger partial charge in [-0.3, -0.25) is 0 Å². The molecule has 1 N–H and O–H groups in total. The van der Waals surface area contributed by atoms with Crippen molar-refractivity contribution in [2.45, 2.75) is 0 Å². The number of rotatable bonds is 8. The second-order valence-corrected chi connectivity index (χ2v) is 3.11. The minimum Gasteiger partial charge on any atom is -0.477 e. The summed E-state index contributed by atoms with van der Waals surface area (Å²) >= 11 is 0. The van der Waals surface area contributed by atoms with Gasteiger partial charge in [0.15, 0.2) is 0 Å². The van der Waals surface area contributed by atoms with Gasteiger partial charge in [0.1, 0.15) is 12.2 Å². The van der Waals surface area contributed by atoms with Crippen LogP contribution >= 0.6 is 0 Å². The molecule has 0 aliphatic rings. The average Bonchev–Trinajstić information content (AvgIpc) is 2.34. The number of ether oxygens (including phenoxy) is 3. The molecule has 0 fully saturated rings. The molecule has 1 heterocycles. The molecule has 0 aromatic carbocycles. The molecule has 0 bridgehead atoms. The van der Waals surface area contributed by atoms with Crippen LogP contribution in [0.1, 0.15) is 10.4 Å². The summed E-state index contributed by atoms with van der Waals surface area (Å²) in [6, 6.07) is 2.99. The van der Waals surface area contributed by atoms with Crippen LogP contribution in [-0.4, -0.2) is 49.6 Å². The number of nitrogens with zero attached hydrogens (tertiary/aromatic N) is 1. The molecule has 0 saturated heterocycles. The van der Waals surface area contributed by atoms with Crippen LogP contribution in [0.5, 0.6) is 5.88 Å². The Labute approximate surface area is 99.1 Å².